The summed E-state index contributed by atoms with van der Waals surface area (Å²) in [4.78, 5) is 4.62. The first kappa shape index (κ1) is 11.5. The van der Waals surface area contributed by atoms with Crippen LogP contribution in [0.25, 0.3) is 10.2 Å². The molecule has 1 saturated heterocycles. The highest BCUT2D eigenvalue weighted by molar-refractivity contribution is 7.99. The van der Waals surface area contributed by atoms with E-state index in [1.54, 1.807) is 11.3 Å². The van der Waals surface area contributed by atoms with E-state index in [4.69, 9.17) is 5.14 Å². The molecular weight excluding hydrogens is 250 g/mol. The Hall–Kier alpha value is -0.620. The third-order valence-electron chi connectivity index (χ3n) is 3.22. The molecule has 2 aromatic rings. The molecule has 0 saturated carbocycles. The van der Waals surface area contributed by atoms with Crippen LogP contribution >= 0.6 is 23.3 Å². The molecule has 1 aromatic heterocycles. The van der Waals surface area contributed by atoms with Crippen LogP contribution < -0.4 is 10.5 Å². The van der Waals surface area contributed by atoms with Gasteiger partial charge in [0.25, 0.3) is 0 Å². The molecule has 2 heterocycles. The Kier molecular flexibility index (Phi) is 3.33. The van der Waals surface area contributed by atoms with Gasteiger partial charge in [-0.05, 0) is 43.0 Å². The molecule has 3 N–H and O–H groups in total. The molecule has 5 heteroatoms. The Morgan fingerprint density at radius 3 is 3.12 bits per heavy atom. The molecule has 0 spiro atoms. The number of hydrogen-bond donors (Lipinski definition) is 2. The van der Waals surface area contributed by atoms with Crippen LogP contribution in [-0.2, 0) is 0 Å². The SMILES string of the molecule is NSc1nc2c(C3CCCCN3)cccc2s1. The molecule has 1 fully saturated rings. The summed E-state index contributed by atoms with van der Waals surface area (Å²) in [7, 11) is 0. The van der Waals surface area contributed by atoms with Gasteiger partial charge < -0.3 is 5.32 Å². The molecule has 17 heavy (non-hydrogen) atoms. The maximum absolute atomic E-state index is 5.59. The second kappa shape index (κ2) is 4.94. The molecule has 3 nitrogen and oxygen atoms in total. The summed E-state index contributed by atoms with van der Waals surface area (Å²) in [5.41, 5.74) is 2.46. The third-order valence-corrected chi connectivity index (χ3v) is 4.86. The van der Waals surface area contributed by atoms with Crippen LogP contribution in [0.4, 0.5) is 0 Å². The number of nitrogens with zero attached hydrogens (tertiary/aromatic N) is 1. The summed E-state index contributed by atoms with van der Waals surface area (Å²) in [5.74, 6) is 0. The number of aromatic nitrogens is 1. The van der Waals surface area contributed by atoms with E-state index in [9.17, 15) is 0 Å². The zero-order valence-corrected chi connectivity index (χ0v) is 11.1. The predicted octanol–water partition coefficient (Wildman–Crippen LogP) is 3.08. The maximum Gasteiger partial charge on any atom is 0.165 e. The fourth-order valence-electron chi connectivity index (χ4n) is 2.40. The first-order valence-electron chi connectivity index (χ1n) is 5.88. The monoisotopic (exact) mass is 265 g/mol. The van der Waals surface area contributed by atoms with Gasteiger partial charge in [-0.2, -0.15) is 0 Å². The molecule has 0 aliphatic carbocycles. The van der Waals surface area contributed by atoms with E-state index in [1.165, 1.54) is 41.5 Å². The number of fused-ring (bicyclic) bond motifs is 1. The minimum absolute atomic E-state index is 0.463. The standard InChI is InChI=1S/C12H15N3S2/c13-17-12-15-11-8(4-3-6-10(11)16-12)9-5-1-2-7-14-9/h3-4,6,9,14H,1-2,5,7,13H2. The smallest absolute Gasteiger partial charge is 0.165 e. The summed E-state index contributed by atoms with van der Waals surface area (Å²) >= 11 is 2.91. The topological polar surface area (TPSA) is 50.9 Å². The van der Waals surface area contributed by atoms with Crippen molar-refractivity contribution >= 4 is 33.5 Å². The third kappa shape index (κ3) is 2.20. The van der Waals surface area contributed by atoms with Gasteiger partial charge >= 0.3 is 0 Å². The van der Waals surface area contributed by atoms with Gasteiger partial charge in [-0.25, -0.2) is 4.98 Å². The van der Waals surface area contributed by atoms with Crippen molar-refractivity contribution in [3.05, 3.63) is 23.8 Å². The number of benzene rings is 1. The molecule has 3 rings (SSSR count). The highest BCUT2D eigenvalue weighted by Gasteiger charge is 2.18. The van der Waals surface area contributed by atoms with Crippen molar-refractivity contribution < 1.29 is 0 Å². The summed E-state index contributed by atoms with van der Waals surface area (Å²) < 4.78 is 2.19. The lowest BCUT2D eigenvalue weighted by Gasteiger charge is -2.23. The van der Waals surface area contributed by atoms with E-state index in [1.807, 2.05) is 0 Å². The van der Waals surface area contributed by atoms with Crippen LogP contribution in [0.1, 0.15) is 30.9 Å². The second-order valence-electron chi connectivity index (χ2n) is 4.29. The van der Waals surface area contributed by atoms with Gasteiger partial charge in [-0.15, -0.1) is 11.3 Å². The van der Waals surface area contributed by atoms with Crippen molar-refractivity contribution in [1.82, 2.24) is 10.3 Å². The average molecular weight is 265 g/mol. The van der Waals surface area contributed by atoms with Gasteiger partial charge in [0.15, 0.2) is 4.34 Å². The molecule has 1 aliphatic heterocycles. The van der Waals surface area contributed by atoms with Crippen LogP contribution in [-0.4, -0.2) is 11.5 Å². The van der Waals surface area contributed by atoms with Gasteiger partial charge in [-0.3, -0.25) is 5.14 Å². The van der Waals surface area contributed by atoms with E-state index in [-0.39, 0.29) is 0 Å². The number of piperidine rings is 1. The van der Waals surface area contributed by atoms with E-state index in [0.29, 0.717) is 6.04 Å². The minimum atomic E-state index is 0.463. The van der Waals surface area contributed by atoms with Gasteiger partial charge in [0.05, 0.1) is 10.2 Å². The molecule has 1 unspecified atom stereocenters. The highest BCUT2D eigenvalue weighted by Crippen LogP contribution is 2.33. The zero-order chi connectivity index (χ0) is 11.7. The lowest BCUT2D eigenvalue weighted by atomic mass is 9.97. The Balaban J connectivity index is 2.05. The molecule has 1 atom stereocenters. The van der Waals surface area contributed by atoms with Gasteiger partial charge in [-0.1, -0.05) is 18.6 Å². The van der Waals surface area contributed by atoms with E-state index in [2.05, 4.69) is 28.5 Å². The van der Waals surface area contributed by atoms with Gasteiger partial charge in [0.2, 0.25) is 0 Å². The maximum atomic E-state index is 5.59. The van der Waals surface area contributed by atoms with Crippen molar-refractivity contribution in [3.63, 3.8) is 0 Å². The highest BCUT2D eigenvalue weighted by atomic mass is 32.2. The predicted molar refractivity (Wildman–Crippen MR) is 74.3 cm³/mol. The first-order valence-corrected chi connectivity index (χ1v) is 7.57. The van der Waals surface area contributed by atoms with Crippen LogP contribution in [0.2, 0.25) is 0 Å². The Bertz CT molecular complexity index is 517. The Morgan fingerprint density at radius 2 is 2.35 bits per heavy atom. The van der Waals surface area contributed by atoms with Crippen molar-refractivity contribution in [2.75, 3.05) is 6.54 Å². The van der Waals surface area contributed by atoms with Crippen LogP contribution in [0.5, 0.6) is 0 Å². The molecule has 0 amide bonds. The molecule has 0 bridgehead atoms. The van der Waals surface area contributed by atoms with Crippen molar-refractivity contribution in [3.8, 4) is 0 Å². The number of thiazole rings is 1. The van der Waals surface area contributed by atoms with Crippen LogP contribution in [0.15, 0.2) is 22.5 Å². The van der Waals surface area contributed by atoms with Crippen molar-refractivity contribution in [2.45, 2.75) is 29.6 Å². The van der Waals surface area contributed by atoms with Gasteiger partial charge in [0.1, 0.15) is 0 Å². The number of para-hydroxylation sites is 1. The van der Waals surface area contributed by atoms with Crippen LogP contribution in [0.3, 0.4) is 0 Å². The lowest BCUT2D eigenvalue weighted by Crippen LogP contribution is -2.26. The zero-order valence-electron chi connectivity index (χ0n) is 9.48. The fraction of sp³-hybridized carbons (Fsp3) is 0.417. The minimum Gasteiger partial charge on any atom is -0.310 e. The van der Waals surface area contributed by atoms with Crippen LogP contribution in [0, 0.1) is 0 Å². The molecular formula is C12H15N3S2. The number of hydrogen-bond acceptors (Lipinski definition) is 5. The van der Waals surface area contributed by atoms with Crippen molar-refractivity contribution in [1.29, 1.82) is 0 Å². The largest absolute Gasteiger partial charge is 0.310 e. The van der Waals surface area contributed by atoms with E-state index >= 15 is 0 Å². The number of nitrogens with one attached hydrogen (secondary N) is 1. The van der Waals surface area contributed by atoms with E-state index < -0.39 is 0 Å². The van der Waals surface area contributed by atoms with Crippen molar-refractivity contribution in [2.24, 2.45) is 5.14 Å². The fourth-order valence-corrected chi connectivity index (χ4v) is 3.74. The summed E-state index contributed by atoms with van der Waals surface area (Å²) in [6.45, 7) is 1.11. The Morgan fingerprint density at radius 1 is 1.41 bits per heavy atom. The average Bonchev–Trinajstić information content (AvgIpc) is 2.82. The summed E-state index contributed by atoms with van der Waals surface area (Å²) in [6, 6.07) is 6.90. The Labute approximate surface area is 109 Å². The normalized spacial score (nSPS) is 20.9. The molecule has 1 aliphatic rings. The molecule has 0 radical (unpaired) electrons. The second-order valence-corrected chi connectivity index (χ2v) is 6.21. The first-order chi connectivity index (χ1) is 8.38. The quantitative estimate of drug-likeness (QED) is 0.819. The number of nitrogens with two attached hydrogens (primary N) is 1. The summed E-state index contributed by atoms with van der Waals surface area (Å²) in [6.07, 6.45) is 3.80. The lowest BCUT2D eigenvalue weighted by molar-refractivity contribution is 0.414. The molecule has 90 valence electrons. The number of rotatable bonds is 2. The molecule has 1 aromatic carbocycles. The van der Waals surface area contributed by atoms with Gasteiger partial charge in [0, 0.05) is 6.04 Å². The van der Waals surface area contributed by atoms with E-state index in [0.717, 1.165) is 16.4 Å². The summed E-state index contributed by atoms with van der Waals surface area (Å²) in [5, 5.41) is 9.17.